The Balaban J connectivity index is 2.20. The topological polar surface area (TPSA) is 47.1 Å². The quantitative estimate of drug-likeness (QED) is 0.838. The molecule has 1 aromatic heterocycles. The lowest BCUT2D eigenvalue weighted by Gasteiger charge is -2.22. The van der Waals surface area contributed by atoms with Gasteiger partial charge in [0.2, 0.25) is 0 Å². The average molecular weight is 250 g/mol. The molecule has 0 spiro atoms. The second-order valence-corrected chi connectivity index (χ2v) is 5.71. The van der Waals surface area contributed by atoms with Gasteiger partial charge in [-0.1, -0.05) is 6.92 Å². The van der Waals surface area contributed by atoms with Crippen LogP contribution in [0.2, 0.25) is 0 Å². The summed E-state index contributed by atoms with van der Waals surface area (Å²) in [6.07, 6.45) is 4.70. The van der Waals surface area contributed by atoms with Crippen LogP contribution in [0.3, 0.4) is 0 Å². The second kappa shape index (κ2) is 5.31. The van der Waals surface area contributed by atoms with Gasteiger partial charge in [-0.15, -0.1) is 0 Å². The molecule has 4 heteroatoms. The van der Waals surface area contributed by atoms with E-state index < -0.39 is 0 Å². The van der Waals surface area contributed by atoms with Crippen LogP contribution >= 0.6 is 0 Å². The van der Waals surface area contributed by atoms with E-state index in [0.29, 0.717) is 0 Å². The Labute approximate surface area is 110 Å². The summed E-state index contributed by atoms with van der Waals surface area (Å²) in [6.45, 7) is 5.38. The molecule has 1 atom stereocenters. The average Bonchev–Trinajstić information content (AvgIpc) is 3.06. The van der Waals surface area contributed by atoms with Crippen LogP contribution < -0.4 is 10.6 Å². The van der Waals surface area contributed by atoms with Gasteiger partial charge in [0, 0.05) is 32.2 Å². The van der Waals surface area contributed by atoms with Gasteiger partial charge >= 0.3 is 0 Å². The van der Waals surface area contributed by atoms with E-state index in [4.69, 9.17) is 5.73 Å². The number of hydrogen-bond donors (Lipinski definition) is 1. The minimum Gasteiger partial charge on any atom is -0.359 e. The fourth-order valence-corrected chi connectivity index (χ4v) is 2.59. The van der Waals surface area contributed by atoms with E-state index in [9.17, 15) is 0 Å². The first kappa shape index (κ1) is 13.4. The van der Waals surface area contributed by atoms with Crippen molar-refractivity contribution in [2.75, 3.05) is 18.5 Å². The van der Waals surface area contributed by atoms with E-state index >= 15 is 0 Å². The van der Waals surface area contributed by atoms with Crippen LogP contribution in [-0.2, 0) is 13.5 Å². The summed E-state index contributed by atoms with van der Waals surface area (Å²) >= 11 is 0. The van der Waals surface area contributed by atoms with Crippen molar-refractivity contribution in [3.05, 3.63) is 11.3 Å². The van der Waals surface area contributed by atoms with E-state index in [2.05, 4.69) is 30.9 Å². The fourth-order valence-electron chi connectivity index (χ4n) is 2.59. The summed E-state index contributed by atoms with van der Waals surface area (Å²) in [5.74, 6) is 2.14. The lowest BCUT2D eigenvalue weighted by molar-refractivity contribution is 0.641. The molecule has 1 unspecified atom stereocenters. The number of rotatable bonds is 6. The van der Waals surface area contributed by atoms with Crippen molar-refractivity contribution in [2.45, 2.75) is 45.6 Å². The number of hydrogen-bond acceptors (Lipinski definition) is 3. The van der Waals surface area contributed by atoms with Gasteiger partial charge in [0.15, 0.2) is 0 Å². The third-order valence-electron chi connectivity index (χ3n) is 3.89. The third-order valence-corrected chi connectivity index (χ3v) is 3.89. The van der Waals surface area contributed by atoms with Crippen LogP contribution in [0, 0.1) is 12.8 Å². The summed E-state index contributed by atoms with van der Waals surface area (Å²) in [5, 5.41) is 4.57. The van der Waals surface area contributed by atoms with Gasteiger partial charge in [-0.2, -0.15) is 5.10 Å². The van der Waals surface area contributed by atoms with Crippen LogP contribution in [0.4, 0.5) is 5.82 Å². The lowest BCUT2D eigenvalue weighted by atomic mass is 10.0. The summed E-state index contributed by atoms with van der Waals surface area (Å²) in [6, 6.07) is 0.237. The van der Waals surface area contributed by atoms with Crippen LogP contribution in [0.25, 0.3) is 0 Å². The predicted octanol–water partition coefficient (Wildman–Crippen LogP) is 1.85. The largest absolute Gasteiger partial charge is 0.359 e. The maximum absolute atomic E-state index is 6.11. The highest BCUT2D eigenvalue weighted by Crippen LogP contribution is 2.32. The summed E-state index contributed by atoms with van der Waals surface area (Å²) < 4.78 is 2.01. The monoisotopic (exact) mass is 250 g/mol. The number of aryl methyl sites for hydroxylation is 2. The Morgan fingerprint density at radius 2 is 2.17 bits per heavy atom. The van der Waals surface area contributed by atoms with Gasteiger partial charge in [0.1, 0.15) is 5.82 Å². The van der Waals surface area contributed by atoms with E-state index in [0.717, 1.165) is 31.0 Å². The molecular formula is C14H26N4. The maximum atomic E-state index is 6.11. The molecule has 4 nitrogen and oxygen atoms in total. The fraction of sp³-hybridized carbons (Fsp3) is 0.786. The lowest BCUT2D eigenvalue weighted by Crippen LogP contribution is -2.26. The molecule has 0 aromatic carbocycles. The highest BCUT2D eigenvalue weighted by molar-refractivity contribution is 5.50. The minimum atomic E-state index is 0.237. The molecule has 1 aliphatic rings. The molecule has 1 heterocycles. The molecule has 18 heavy (non-hydrogen) atoms. The SMILES string of the molecule is CCC(N)Cc1c(C)nn(C)c1N(C)CC1CC1. The highest BCUT2D eigenvalue weighted by atomic mass is 15.4. The standard InChI is InChI=1S/C14H26N4/c1-5-12(15)8-13-10(2)16-18(4)14(13)17(3)9-11-6-7-11/h11-12H,5-9,15H2,1-4H3. The van der Waals surface area contributed by atoms with Crippen LogP contribution in [-0.4, -0.2) is 29.4 Å². The Hall–Kier alpha value is -1.03. The zero-order valence-corrected chi connectivity index (χ0v) is 12.1. The molecule has 102 valence electrons. The highest BCUT2D eigenvalue weighted by Gasteiger charge is 2.26. The number of aromatic nitrogens is 2. The molecule has 1 aromatic rings. The Morgan fingerprint density at radius 1 is 1.50 bits per heavy atom. The zero-order valence-electron chi connectivity index (χ0n) is 12.1. The molecule has 0 bridgehead atoms. The second-order valence-electron chi connectivity index (χ2n) is 5.71. The van der Waals surface area contributed by atoms with E-state index in [1.54, 1.807) is 0 Å². The normalized spacial score (nSPS) is 16.9. The molecule has 1 fully saturated rings. The van der Waals surface area contributed by atoms with Crippen LogP contribution in [0.5, 0.6) is 0 Å². The van der Waals surface area contributed by atoms with Gasteiger partial charge in [0.05, 0.1) is 5.69 Å². The van der Waals surface area contributed by atoms with Crippen molar-refractivity contribution in [3.63, 3.8) is 0 Å². The van der Waals surface area contributed by atoms with Crippen molar-refractivity contribution >= 4 is 5.82 Å². The molecule has 0 aliphatic heterocycles. The molecule has 0 radical (unpaired) electrons. The molecule has 2 rings (SSSR count). The van der Waals surface area contributed by atoms with Gasteiger partial charge in [-0.05, 0) is 38.5 Å². The smallest absolute Gasteiger partial charge is 0.129 e. The van der Waals surface area contributed by atoms with Gasteiger partial charge in [0.25, 0.3) is 0 Å². The van der Waals surface area contributed by atoms with Crippen molar-refractivity contribution in [2.24, 2.45) is 18.7 Å². The first-order valence-corrected chi connectivity index (χ1v) is 7.02. The first-order chi connectivity index (χ1) is 8.52. The summed E-state index contributed by atoms with van der Waals surface area (Å²) in [4.78, 5) is 2.36. The van der Waals surface area contributed by atoms with Crippen molar-refractivity contribution < 1.29 is 0 Å². The van der Waals surface area contributed by atoms with Gasteiger partial charge in [-0.25, -0.2) is 0 Å². The van der Waals surface area contributed by atoms with E-state index in [1.807, 2.05) is 11.7 Å². The molecule has 0 saturated heterocycles. The molecule has 2 N–H and O–H groups in total. The van der Waals surface area contributed by atoms with Crippen LogP contribution in [0.1, 0.15) is 37.4 Å². The summed E-state index contributed by atoms with van der Waals surface area (Å²) in [5.41, 5.74) is 8.56. The summed E-state index contributed by atoms with van der Waals surface area (Å²) in [7, 11) is 4.21. The van der Waals surface area contributed by atoms with Gasteiger partial charge < -0.3 is 10.6 Å². The first-order valence-electron chi connectivity index (χ1n) is 7.02. The molecule has 1 aliphatic carbocycles. The maximum Gasteiger partial charge on any atom is 0.129 e. The Morgan fingerprint density at radius 3 is 2.72 bits per heavy atom. The van der Waals surface area contributed by atoms with E-state index in [-0.39, 0.29) is 6.04 Å². The Bertz CT molecular complexity index is 406. The van der Waals surface area contributed by atoms with Crippen LogP contribution in [0.15, 0.2) is 0 Å². The number of nitrogens with two attached hydrogens (primary N) is 1. The minimum absolute atomic E-state index is 0.237. The number of nitrogens with zero attached hydrogens (tertiary/aromatic N) is 3. The molecule has 0 amide bonds. The van der Waals surface area contributed by atoms with Gasteiger partial charge in [-0.3, -0.25) is 4.68 Å². The third kappa shape index (κ3) is 2.86. The molecule has 1 saturated carbocycles. The van der Waals surface area contributed by atoms with E-state index in [1.165, 1.54) is 24.2 Å². The zero-order chi connectivity index (χ0) is 13.3. The number of anilines is 1. The predicted molar refractivity (Wildman–Crippen MR) is 75.9 cm³/mol. The van der Waals surface area contributed by atoms with Crippen molar-refractivity contribution in [3.8, 4) is 0 Å². The van der Waals surface area contributed by atoms with Crippen molar-refractivity contribution in [1.29, 1.82) is 0 Å². The van der Waals surface area contributed by atoms with Crippen molar-refractivity contribution in [1.82, 2.24) is 9.78 Å². The molecular weight excluding hydrogens is 224 g/mol. The Kier molecular flexibility index (Phi) is 3.95.